The Morgan fingerprint density at radius 2 is 1.10 bits per heavy atom. The summed E-state index contributed by atoms with van der Waals surface area (Å²) in [6.45, 7) is 1.50. The minimum absolute atomic E-state index is 0.0747. The van der Waals surface area contributed by atoms with Crippen molar-refractivity contribution in [2.75, 3.05) is 26.3 Å². The van der Waals surface area contributed by atoms with E-state index in [0.29, 0.717) is 7.41 Å². The lowest BCUT2D eigenvalue weighted by Crippen LogP contribution is -2.56. The molecule has 0 radical (unpaired) electrons. The highest BCUT2D eigenvalue weighted by atomic mass is 16.7. The van der Waals surface area contributed by atoms with Crippen molar-refractivity contribution >= 4 is 7.41 Å². The van der Waals surface area contributed by atoms with Crippen LogP contribution in [-0.4, -0.2) is 118 Å². The van der Waals surface area contributed by atoms with Crippen LogP contribution in [0, 0.1) is 0 Å². The summed E-state index contributed by atoms with van der Waals surface area (Å²) in [5, 5.41) is 64.1. The van der Waals surface area contributed by atoms with Gasteiger partial charge in [-0.25, -0.2) is 0 Å². The quantitative estimate of drug-likeness (QED) is 0.193. The molecule has 11 nitrogen and oxygen atoms in total. The van der Waals surface area contributed by atoms with E-state index in [1.54, 1.807) is 35.9 Å². The van der Waals surface area contributed by atoms with E-state index in [1.165, 1.54) is 0 Å². The zero-order valence-corrected chi connectivity index (χ0v) is 21.8. The average molecular weight is 547 g/mol. The van der Waals surface area contributed by atoms with E-state index in [9.17, 15) is 30.6 Å². The van der Waals surface area contributed by atoms with Gasteiger partial charge in [-0.15, -0.1) is 0 Å². The first-order valence-corrected chi connectivity index (χ1v) is 13.2. The van der Waals surface area contributed by atoms with Gasteiger partial charge in [-0.1, -0.05) is 67.5 Å². The van der Waals surface area contributed by atoms with E-state index in [0.717, 1.165) is 11.1 Å². The van der Waals surface area contributed by atoms with Crippen LogP contribution in [0.25, 0.3) is 0 Å². The number of hydrogen-bond acceptors (Lipinski definition) is 11. The van der Waals surface area contributed by atoms with E-state index < -0.39 is 61.4 Å². The van der Waals surface area contributed by atoms with E-state index in [2.05, 4.69) is 0 Å². The average Bonchev–Trinajstić information content (AvgIpc) is 2.97. The molecule has 6 N–H and O–H groups in total. The third kappa shape index (κ3) is 7.63. The number of rotatable bonds is 11. The molecule has 10 unspecified atom stereocenters. The molecule has 0 aliphatic carbocycles. The molecule has 2 fully saturated rings. The second-order valence-corrected chi connectivity index (χ2v) is 9.96. The fourth-order valence-corrected chi connectivity index (χ4v) is 4.81. The van der Waals surface area contributed by atoms with Crippen molar-refractivity contribution in [2.45, 2.75) is 68.2 Å². The zero-order valence-electron chi connectivity index (χ0n) is 21.8. The summed E-state index contributed by atoms with van der Waals surface area (Å²) in [6, 6.07) is 18.2. The van der Waals surface area contributed by atoms with Crippen molar-refractivity contribution in [3.05, 3.63) is 71.8 Å². The molecule has 39 heavy (non-hydrogen) atoms. The summed E-state index contributed by atoms with van der Waals surface area (Å²) in [6.07, 6.45) is -11.7. The van der Waals surface area contributed by atoms with Crippen LogP contribution in [0.5, 0.6) is 0 Å². The van der Waals surface area contributed by atoms with Gasteiger partial charge >= 0.3 is 0 Å². The summed E-state index contributed by atoms with van der Waals surface area (Å²) < 4.78 is 22.7. The highest BCUT2D eigenvalue weighted by Crippen LogP contribution is 2.30. The van der Waals surface area contributed by atoms with Gasteiger partial charge in [0.1, 0.15) is 36.6 Å². The van der Waals surface area contributed by atoms with Gasteiger partial charge in [-0.2, -0.15) is 0 Å². The lowest BCUT2D eigenvalue weighted by atomic mass is 9.91. The third-order valence-electron chi connectivity index (χ3n) is 7.10. The van der Waals surface area contributed by atoms with Gasteiger partial charge in [0.05, 0.1) is 25.4 Å². The second-order valence-electron chi connectivity index (χ2n) is 9.96. The van der Waals surface area contributed by atoms with Crippen molar-refractivity contribution < 1.29 is 49.6 Å². The van der Waals surface area contributed by atoms with Gasteiger partial charge in [-0.3, -0.25) is 0 Å². The standard InChI is InChI=1S/C27H38BNO10/c1-28-29(12-18(30)22(34)24-20(32)14-36-26(38-24)16-8-4-2-5-9-16)13-19(31)23(35)25-21(33)15-37-27(39-25)17-10-6-3-7-11-17/h2-11,18-28,30-35H,12-15H2,1H3. The zero-order chi connectivity index (χ0) is 27.9. The number of benzene rings is 2. The molecule has 2 aromatic rings. The molecule has 0 amide bonds. The van der Waals surface area contributed by atoms with Crippen molar-refractivity contribution in [2.24, 2.45) is 0 Å². The lowest BCUT2D eigenvalue weighted by molar-refractivity contribution is -0.284. The topological polar surface area (TPSA) is 162 Å². The van der Waals surface area contributed by atoms with E-state index in [4.69, 9.17) is 18.9 Å². The molecule has 4 rings (SSSR count). The van der Waals surface area contributed by atoms with Crippen molar-refractivity contribution in [1.82, 2.24) is 4.81 Å². The Kier molecular flexibility index (Phi) is 10.9. The van der Waals surface area contributed by atoms with E-state index in [-0.39, 0.29) is 26.3 Å². The molecule has 214 valence electrons. The molecule has 0 bridgehead atoms. The molecule has 2 saturated heterocycles. The van der Waals surface area contributed by atoms with Gasteiger partial charge in [0.15, 0.2) is 12.6 Å². The van der Waals surface area contributed by atoms with Crippen LogP contribution in [0.1, 0.15) is 23.7 Å². The van der Waals surface area contributed by atoms with Crippen LogP contribution in [0.4, 0.5) is 0 Å². The van der Waals surface area contributed by atoms with Crippen LogP contribution < -0.4 is 0 Å². The Balaban J connectivity index is 1.33. The highest BCUT2D eigenvalue weighted by molar-refractivity contribution is 6.29. The van der Waals surface area contributed by atoms with Crippen molar-refractivity contribution in [1.29, 1.82) is 0 Å². The maximum atomic E-state index is 10.8. The molecule has 2 aromatic carbocycles. The Bertz CT molecular complexity index is 914. The molecule has 0 spiro atoms. The lowest BCUT2D eigenvalue weighted by Gasteiger charge is -2.40. The summed E-state index contributed by atoms with van der Waals surface area (Å²) in [4.78, 5) is 1.64. The number of nitrogens with zero attached hydrogens (tertiary/aromatic N) is 1. The normalized spacial score (nSPS) is 30.9. The first kappa shape index (κ1) is 30.0. The summed E-state index contributed by atoms with van der Waals surface area (Å²) >= 11 is 0. The molecule has 2 aliphatic heterocycles. The van der Waals surface area contributed by atoms with Crippen molar-refractivity contribution in [3.8, 4) is 0 Å². The largest absolute Gasteiger partial charge is 0.389 e. The Labute approximate surface area is 228 Å². The third-order valence-corrected chi connectivity index (χ3v) is 7.10. The predicted octanol–water partition coefficient (Wildman–Crippen LogP) is -0.918. The van der Waals surface area contributed by atoms with Crippen LogP contribution in [-0.2, 0) is 18.9 Å². The number of aliphatic hydroxyl groups is 6. The molecular weight excluding hydrogens is 509 g/mol. The van der Waals surface area contributed by atoms with E-state index in [1.807, 2.05) is 36.4 Å². The Morgan fingerprint density at radius 1 is 0.718 bits per heavy atom. The predicted molar refractivity (Wildman–Crippen MR) is 141 cm³/mol. The molecule has 12 heteroatoms. The summed E-state index contributed by atoms with van der Waals surface area (Å²) in [5.74, 6) is 0. The molecule has 0 saturated carbocycles. The van der Waals surface area contributed by atoms with Gasteiger partial charge in [0.2, 0.25) is 7.41 Å². The summed E-state index contributed by atoms with van der Waals surface area (Å²) in [5.41, 5.74) is 1.44. The Hall–Kier alpha value is -1.94. The van der Waals surface area contributed by atoms with Gasteiger partial charge in [0.25, 0.3) is 0 Å². The second kappa shape index (κ2) is 14.1. The minimum Gasteiger partial charge on any atom is -0.389 e. The molecule has 10 atom stereocenters. The summed E-state index contributed by atoms with van der Waals surface area (Å²) in [7, 11) is 0.376. The van der Waals surface area contributed by atoms with Crippen molar-refractivity contribution in [3.63, 3.8) is 0 Å². The first-order valence-electron chi connectivity index (χ1n) is 13.2. The van der Waals surface area contributed by atoms with Gasteiger partial charge < -0.3 is 54.4 Å². The van der Waals surface area contributed by atoms with Crippen LogP contribution in [0.15, 0.2) is 60.7 Å². The van der Waals surface area contributed by atoms with E-state index >= 15 is 0 Å². The number of aliphatic hydroxyl groups excluding tert-OH is 6. The van der Waals surface area contributed by atoms with Gasteiger partial charge in [0, 0.05) is 24.2 Å². The monoisotopic (exact) mass is 547 g/mol. The fourth-order valence-electron chi connectivity index (χ4n) is 4.81. The first-order chi connectivity index (χ1) is 18.8. The fraction of sp³-hybridized carbons (Fsp3) is 0.556. The minimum atomic E-state index is -1.45. The SMILES string of the molecule is CBN(CC(O)C(O)C1OC(c2ccccc2)OCC1O)CC(O)C(O)C1OC(c2ccccc2)OCC1O. The molecule has 0 aromatic heterocycles. The maximum Gasteiger partial charge on any atom is 0.201 e. The van der Waals surface area contributed by atoms with Crippen LogP contribution >= 0.6 is 0 Å². The molecular formula is C27H38BNO10. The maximum absolute atomic E-state index is 10.8. The number of ether oxygens (including phenoxy) is 4. The molecule has 2 aliphatic rings. The Morgan fingerprint density at radius 3 is 1.46 bits per heavy atom. The van der Waals surface area contributed by atoms with Crippen LogP contribution in [0.3, 0.4) is 0 Å². The smallest absolute Gasteiger partial charge is 0.201 e. The van der Waals surface area contributed by atoms with Crippen LogP contribution in [0.2, 0.25) is 6.82 Å². The number of hydrogen-bond donors (Lipinski definition) is 6. The molecule has 2 heterocycles. The van der Waals surface area contributed by atoms with Gasteiger partial charge in [-0.05, 0) is 0 Å². The highest BCUT2D eigenvalue weighted by Gasteiger charge is 2.41.